The Hall–Kier alpha value is -2.51. The van der Waals surface area contributed by atoms with E-state index in [0.29, 0.717) is 12.5 Å². The predicted molar refractivity (Wildman–Crippen MR) is 104 cm³/mol. The van der Waals surface area contributed by atoms with Crippen molar-refractivity contribution in [2.24, 2.45) is 5.92 Å². The van der Waals surface area contributed by atoms with E-state index >= 15 is 0 Å². The van der Waals surface area contributed by atoms with E-state index in [1.165, 1.54) is 6.07 Å². The molecule has 3 heterocycles. The van der Waals surface area contributed by atoms with Crippen LogP contribution in [0.2, 0.25) is 0 Å². The van der Waals surface area contributed by atoms with E-state index in [4.69, 9.17) is 0 Å². The number of aromatic nitrogens is 2. The highest BCUT2D eigenvalue weighted by molar-refractivity contribution is 5.93. The number of rotatable bonds is 2. The van der Waals surface area contributed by atoms with Gasteiger partial charge in [-0.05, 0) is 31.2 Å². The maximum absolute atomic E-state index is 13.8. The Morgan fingerprint density at radius 1 is 1.17 bits per heavy atom. The zero-order chi connectivity index (χ0) is 20.8. The van der Waals surface area contributed by atoms with Gasteiger partial charge < -0.3 is 10.2 Å². The van der Waals surface area contributed by atoms with Crippen molar-refractivity contribution in [1.29, 1.82) is 0 Å². The number of likely N-dealkylation sites (tertiary alicyclic amines) is 1. The molecule has 0 radical (unpaired) electrons. The maximum atomic E-state index is 13.8. The molecular weight excluding hydrogens is 381 g/mol. The first kappa shape index (κ1) is 19.8. The molecule has 156 valence electrons. The summed E-state index contributed by atoms with van der Waals surface area (Å²) in [4.78, 5) is 14.8. The highest BCUT2D eigenvalue weighted by Crippen LogP contribution is 2.43. The van der Waals surface area contributed by atoms with Gasteiger partial charge in [0, 0.05) is 25.1 Å². The molecule has 4 rings (SSSR count). The van der Waals surface area contributed by atoms with Crippen LogP contribution in [-0.2, 0) is 0 Å². The fourth-order valence-electron chi connectivity index (χ4n) is 4.30. The van der Waals surface area contributed by atoms with Gasteiger partial charge in [0.15, 0.2) is 11.7 Å². The van der Waals surface area contributed by atoms with Crippen molar-refractivity contribution in [3.63, 3.8) is 0 Å². The molecule has 1 aromatic heterocycles. The molecule has 2 aromatic rings. The fourth-order valence-corrected chi connectivity index (χ4v) is 4.30. The van der Waals surface area contributed by atoms with Crippen LogP contribution in [0.1, 0.15) is 61.2 Å². The fraction of sp³-hybridized carbons (Fsp3) is 0.524. The molecular formula is C21H25F3N4O. The molecule has 1 saturated heterocycles. The third kappa shape index (κ3) is 3.84. The lowest BCUT2D eigenvalue weighted by Crippen LogP contribution is -2.45. The van der Waals surface area contributed by atoms with Crippen molar-refractivity contribution < 1.29 is 18.0 Å². The minimum atomic E-state index is -4.46. The van der Waals surface area contributed by atoms with Crippen LogP contribution >= 0.6 is 0 Å². The van der Waals surface area contributed by atoms with Crippen LogP contribution in [-0.4, -0.2) is 39.4 Å². The molecule has 0 bridgehead atoms. The zero-order valence-electron chi connectivity index (χ0n) is 16.5. The molecule has 2 aliphatic heterocycles. The van der Waals surface area contributed by atoms with Gasteiger partial charge in [0.1, 0.15) is 5.82 Å². The summed E-state index contributed by atoms with van der Waals surface area (Å²) in [7, 11) is 0. The van der Waals surface area contributed by atoms with E-state index in [2.05, 4.69) is 17.3 Å². The monoisotopic (exact) mass is 406 g/mol. The second-order valence-corrected chi connectivity index (χ2v) is 8.25. The second kappa shape index (κ2) is 7.39. The molecule has 1 aromatic carbocycles. The van der Waals surface area contributed by atoms with Crippen molar-refractivity contribution in [2.75, 3.05) is 11.9 Å². The number of nitrogens with one attached hydrogen (secondary N) is 1. The summed E-state index contributed by atoms with van der Waals surface area (Å²) in [6, 6.07) is 8.30. The number of amides is 1. The number of fused-ring (bicyclic) bond motifs is 1. The SMILES string of the molecule is C[C@@H]1CC[C@H](C)N(C(=O)c2cc3n(n2)[C@@H](C(F)(F)F)C[C@@H](c2ccccc2)N3)C1. The number of anilines is 1. The normalized spacial score (nSPS) is 27.3. The van der Waals surface area contributed by atoms with E-state index in [-0.39, 0.29) is 29.9 Å². The van der Waals surface area contributed by atoms with Gasteiger partial charge in [0.25, 0.3) is 5.91 Å². The van der Waals surface area contributed by atoms with Crippen molar-refractivity contribution in [1.82, 2.24) is 14.7 Å². The topological polar surface area (TPSA) is 50.2 Å². The number of alkyl halides is 3. The molecule has 1 N–H and O–H groups in total. The Labute approximate surface area is 167 Å². The quantitative estimate of drug-likeness (QED) is 0.779. The Kier molecular flexibility index (Phi) is 5.04. The van der Waals surface area contributed by atoms with Gasteiger partial charge in [0.05, 0.1) is 6.04 Å². The smallest absolute Gasteiger partial charge is 0.363 e. The molecule has 1 amide bonds. The van der Waals surface area contributed by atoms with E-state index in [1.54, 1.807) is 29.2 Å². The van der Waals surface area contributed by atoms with Crippen LogP contribution in [0.5, 0.6) is 0 Å². The van der Waals surface area contributed by atoms with Gasteiger partial charge in [-0.25, -0.2) is 4.68 Å². The minimum absolute atomic E-state index is 0.0564. The van der Waals surface area contributed by atoms with Gasteiger partial charge in [0.2, 0.25) is 0 Å². The summed E-state index contributed by atoms with van der Waals surface area (Å²) in [6.45, 7) is 4.66. The van der Waals surface area contributed by atoms with Crippen LogP contribution in [0.3, 0.4) is 0 Å². The molecule has 0 unspecified atom stereocenters. The Morgan fingerprint density at radius 3 is 2.59 bits per heavy atom. The van der Waals surface area contributed by atoms with Crippen molar-refractivity contribution in [3.05, 3.63) is 47.7 Å². The molecule has 4 atom stereocenters. The zero-order valence-corrected chi connectivity index (χ0v) is 16.5. The summed E-state index contributed by atoms with van der Waals surface area (Å²) < 4.78 is 42.3. The molecule has 0 spiro atoms. The number of hydrogen-bond acceptors (Lipinski definition) is 3. The highest BCUT2D eigenvalue weighted by atomic mass is 19.4. The average Bonchev–Trinajstić information content (AvgIpc) is 3.12. The van der Waals surface area contributed by atoms with Crippen LogP contribution in [0.15, 0.2) is 36.4 Å². The van der Waals surface area contributed by atoms with Crippen molar-refractivity contribution in [3.8, 4) is 0 Å². The number of piperidine rings is 1. The van der Waals surface area contributed by atoms with Gasteiger partial charge in [-0.2, -0.15) is 18.3 Å². The van der Waals surface area contributed by atoms with E-state index in [9.17, 15) is 18.0 Å². The van der Waals surface area contributed by atoms with E-state index in [0.717, 1.165) is 23.1 Å². The van der Waals surface area contributed by atoms with Crippen LogP contribution in [0.25, 0.3) is 0 Å². The van der Waals surface area contributed by atoms with Crippen molar-refractivity contribution in [2.45, 2.75) is 57.4 Å². The first-order chi connectivity index (χ1) is 13.7. The lowest BCUT2D eigenvalue weighted by molar-refractivity contribution is -0.173. The number of carbonyl (C=O) groups excluding carboxylic acids is 1. The van der Waals surface area contributed by atoms with Gasteiger partial charge in [-0.3, -0.25) is 4.79 Å². The third-order valence-electron chi connectivity index (χ3n) is 5.99. The lowest BCUT2D eigenvalue weighted by atomic mass is 9.95. The molecule has 0 saturated carbocycles. The Morgan fingerprint density at radius 2 is 1.90 bits per heavy atom. The summed E-state index contributed by atoms with van der Waals surface area (Å²) in [5.41, 5.74) is 0.844. The summed E-state index contributed by atoms with van der Waals surface area (Å²) >= 11 is 0. The predicted octanol–water partition coefficient (Wildman–Crippen LogP) is 4.80. The number of halogens is 3. The largest absolute Gasteiger partial charge is 0.410 e. The highest BCUT2D eigenvalue weighted by Gasteiger charge is 2.47. The van der Waals surface area contributed by atoms with Crippen LogP contribution in [0.4, 0.5) is 19.0 Å². The Bertz CT molecular complexity index is 880. The first-order valence-electron chi connectivity index (χ1n) is 10.0. The molecule has 8 heteroatoms. The standard InChI is InChI=1S/C21H25F3N4O/c1-13-8-9-14(2)27(12-13)20(29)17-11-19-25-16(15-6-4-3-5-7-15)10-18(21(22,23)24)28(19)26-17/h3-7,11,13-14,16,18,25H,8-10,12H2,1-2H3/t13-,14+,16+,18-/m1/s1. The minimum Gasteiger partial charge on any atom is -0.363 e. The van der Waals surface area contributed by atoms with E-state index < -0.39 is 18.3 Å². The molecule has 0 aliphatic carbocycles. The number of nitrogens with zero attached hydrogens (tertiary/aromatic N) is 3. The molecule has 1 fully saturated rings. The van der Waals surface area contributed by atoms with E-state index in [1.807, 2.05) is 13.0 Å². The summed E-state index contributed by atoms with van der Waals surface area (Å²) in [5, 5.41) is 7.25. The average molecular weight is 406 g/mol. The molecule has 2 aliphatic rings. The van der Waals surface area contributed by atoms with Gasteiger partial charge in [-0.1, -0.05) is 37.3 Å². The van der Waals surface area contributed by atoms with Crippen LogP contribution in [0, 0.1) is 5.92 Å². The van der Waals surface area contributed by atoms with Crippen molar-refractivity contribution >= 4 is 11.7 Å². The molecule has 5 nitrogen and oxygen atoms in total. The second-order valence-electron chi connectivity index (χ2n) is 8.25. The number of benzene rings is 1. The number of carbonyl (C=O) groups is 1. The Balaban J connectivity index is 1.66. The summed E-state index contributed by atoms with van der Waals surface area (Å²) in [5.74, 6) is 0.300. The summed E-state index contributed by atoms with van der Waals surface area (Å²) in [6.07, 6.45) is -2.70. The third-order valence-corrected chi connectivity index (χ3v) is 5.99. The first-order valence-corrected chi connectivity index (χ1v) is 10.0. The van der Waals surface area contributed by atoms with Gasteiger partial charge in [-0.15, -0.1) is 0 Å². The maximum Gasteiger partial charge on any atom is 0.410 e. The lowest BCUT2D eigenvalue weighted by Gasteiger charge is -2.36. The number of hydrogen-bond donors (Lipinski definition) is 1. The van der Waals surface area contributed by atoms with Gasteiger partial charge >= 0.3 is 6.18 Å². The van der Waals surface area contributed by atoms with Crippen LogP contribution < -0.4 is 5.32 Å². The molecule has 29 heavy (non-hydrogen) atoms.